The highest BCUT2D eigenvalue weighted by molar-refractivity contribution is 7.13. The molecule has 0 fully saturated rings. The standard InChI is InChI=1S/C19H24N2O5S/c1-5-14(21-17(24)26-18(2,3)4)19(25,16(22)23)13-8-6-12(7-9-13)15-20-10-11-27-15/h6-11,14,25H,5H2,1-4H3,(H,21,24)(H,22,23)/t14?,19-/m1/s1. The zero-order valence-electron chi connectivity index (χ0n) is 15.7. The number of aliphatic hydroxyl groups is 1. The lowest BCUT2D eigenvalue weighted by atomic mass is 9.84. The van der Waals surface area contributed by atoms with Crippen LogP contribution in [0.1, 0.15) is 39.7 Å². The number of nitrogens with zero attached hydrogens (tertiary/aromatic N) is 1. The van der Waals surface area contributed by atoms with Crippen molar-refractivity contribution >= 4 is 23.4 Å². The molecule has 146 valence electrons. The molecule has 1 aromatic carbocycles. The average molecular weight is 392 g/mol. The third-order valence-corrected chi connectivity index (χ3v) is 4.76. The highest BCUT2D eigenvalue weighted by Crippen LogP contribution is 2.30. The largest absolute Gasteiger partial charge is 0.479 e. The number of ether oxygens (including phenoxy) is 1. The van der Waals surface area contributed by atoms with E-state index in [2.05, 4.69) is 10.3 Å². The van der Waals surface area contributed by atoms with Crippen molar-refractivity contribution in [1.29, 1.82) is 0 Å². The molecule has 2 atom stereocenters. The number of thiazole rings is 1. The summed E-state index contributed by atoms with van der Waals surface area (Å²) in [5.74, 6) is -1.45. The number of benzene rings is 1. The van der Waals surface area contributed by atoms with E-state index in [1.807, 2.05) is 5.38 Å². The van der Waals surface area contributed by atoms with Crippen LogP contribution >= 0.6 is 11.3 Å². The quantitative estimate of drug-likeness (QED) is 0.695. The molecule has 0 bridgehead atoms. The van der Waals surface area contributed by atoms with Crippen molar-refractivity contribution in [2.75, 3.05) is 0 Å². The van der Waals surface area contributed by atoms with Crippen LogP contribution in [-0.2, 0) is 15.1 Å². The van der Waals surface area contributed by atoms with Crippen molar-refractivity contribution in [3.05, 3.63) is 41.4 Å². The van der Waals surface area contributed by atoms with E-state index in [0.717, 1.165) is 10.6 Å². The smallest absolute Gasteiger partial charge is 0.407 e. The number of carbonyl (C=O) groups is 2. The molecule has 0 aliphatic carbocycles. The molecular weight excluding hydrogens is 368 g/mol. The van der Waals surface area contributed by atoms with Gasteiger partial charge in [-0.25, -0.2) is 14.6 Å². The minimum absolute atomic E-state index is 0.165. The molecule has 3 N–H and O–H groups in total. The molecule has 1 amide bonds. The lowest BCUT2D eigenvalue weighted by Crippen LogP contribution is -2.55. The summed E-state index contributed by atoms with van der Waals surface area (Å²) in [7, 11) is 0. The number of carboxylic acids is 1. The van der Waals surface area contributed by atoms with Crippen molar-refractivity contribution in [1.82, 2.24) is 10.3 Å². The third kappa shape index (κ3) is 4.84. The van der Waals surface area contributed by atoms with Gasteiger partial charge in [0.1, 0.15) is 10.6 Å². The molecule has 1 aromatic heterocycles. The van der Waals surface area contributed by atoms with Gasteiger partial charge >= 0.3 is 12.1 Å². The first-order chi connectivity index (χ1) is 12.6. The fraction of sp³-hybridized carbons (Fsp3) is 0.421. The Morgan fingerprint density at radius 1 is 1.26 bits per heavy atom. The van der Waals surface area contributed by atoms with Crippen LogP contribution in [0.25, 0.3) is 10.6 Å². The Labute approximate surface area is 162 Å². The van der Waals surface area contributed by atoms with Crippen molar-refractivity contribution in [2.24, 2.45) is 0 Å². The van der Waals surface area contributed by atoms with Crippen molar-refractivity contribution < 1.29 is 24.5 Å². The molecular formula is C19H24N2O5S. The summed E-state index contributed by atoms with van der Waals surface area (Å²) in [6.07, 6.45) is 1.09. The molecule has 2 rings (SSSR count). The monoisotopic (exact) mass is 392 g/mol. The van der Waals surface area contributed by atoms with Crippen LogP contribution in [-0.4, -0.2) is 38.9 Å². The van der Waals surface area contributed by atoms with Gasteiger partial charge in [-0.05, 0) is 32.8 Å². The predicted octanol–water partition coefficient (Wildman–Crippen LogP) is 3.39. The van der Waals surface area contributed by atoms with E-state index in [1.165, 1.54) is 23.5 Å². The highest BCUT2D eigenvalue weighted by atomic mass is 32.1. The van der Waals surface area contributed by atoms with Crippen LogP contribution in [0.5, 0.6) is 0 Å². The second kappa shape index (κ2) is 8.06. The maximum atomic E-state index is 12.1. The van der Waals surface area contributed by atoms with E-state index in [1.54, 1.807) is 46.0 Å². The first kappa shape index (κ1) is 20.9. The van der Waals surface area contributed by atoms with E-state index < -0.39 is 29.3 Å². The number of hydrogen-bond donors (Lipinski definition) is 3. The van der Waals surface area contributed by atoms with Gasteiger partial charge in [0.15, 0.2) is 0 Å². The molecule has 1 unspecified atom stereocenters. The fourth-order valence-corrected chi connectivity index (χ4v) is 3.30. The SMILES string of the molecule is CCC(NC(=O)OC(C)(C)C)[C@@](O)(C(=O)O)c1ccc(-c2nccs2)cc1. The Kier molecular flexibility index (Phi) is 6.22. The number of amides is 1. The van der Waals surface area contributed by atoms with Crippen LogP contribution in [0.15, 0.2) is 35.8 Å². The molecule has 0 aliphatic heterocycles. The summed E-state index contributed by atoms with van der Waals surface area (Å²) < 4.78 is 5.19. The summed E-state index contributed by atoms with van der Waals surface area (Å²) in [4.78, 5) is 28.2. The van der Waals surface area contributed by atoms with Crippen LogP contribution in [0.3, 0.4) is 0 Å². The number of carbonyl (C=O) groups excluding carboxylic acids is 1. The summed E-state index contributed by atoms with van der Waals surface area (Å²) in [6.45, 7) is 6.79. The van der Waals surface area contributed by atoms with E-state index in [9.17, 15) is 19.8 Å². The number of aromatic nitrogens is 1. The topological polar surface area (TPSA) is 109 Å². The Morgan fingerprint density at radius 2 is 1.89 bits per heavy atom. The number of hydrogen-bond acceptors (Lipinski definition) is 6. The van der Waals surface area contributed by atoms with Gasteiger partial charge in [-0.3, -0.25) is 0 Å². The van der Waals surface area contributed by atoms with E-state index in [0.29, 0.717) is 0 Å². The lowest BCUT2D eigenvalue weighted by molar-refractivity contribution is -0.163. The zero-order valence-corrected chi connectivity index (χ0v) is 16.5. The second-order valence-electron chi connectivity index (χ2n) is 7.09. The predicted molar refractivity (Wildman–Crippen MR) is 103 cm³/mol. The first-order valence-corrected chi connectivity index (χ1v) is 9.41. The van der Waals surface area contributed by atoms with Gasteiger partial charge in [0, 0.05) is 17.1 Å². The van der Waals surface area contributed by atoms with Crippen LogP contribution in [0, 0.1) is 0 Å². The number of rotatable bonds is 6. The fourth-order valence-electron chi connectivity index (χ4n) is 2.66. The van der Waals surface area contributed by atoms with Gasteiger partial charge in [-0.2, -0.15) is 0 Å². The zero-order chi connectivity index (χ0) is 20.2. The Bertz CT molecular complexity index is 783. The molecule has 0 saturated heterocycles. The van der Waals surface area contributed by atoms with Crippen LogP contribution < -0.4 is 5.32 Å². The van der Waals surface area contributed by atoms with Gasteiger partial charge in [0.05, 0.1) is 6.04 Å². The summed E-state index contributed by atoms with van der Waals surface area (Å²) in [6, 6.07) is 5.38. The highest BCUT2D eigenvalue weighted by Gasteiger charge is 2.46. The molecule has 27 heavy (non-hydrogen) atoms. The molecule has 0 radical (unpaired) electrons. The molecule has 8 heteroatoms. The molecule has 7 nitrogen and oxygen atoms in total. The normalized spacial score (nSPS) is 14.9. The first-order valence-electron chi connectivity index (χ1n) is 8.53. The molecule has 0 aliphatic rings. The molecule has 0 spiro atoms. The minimum atomic E-state index is -2.30. The minimum Gasteiger partial charge on any atom is -0.479 e. The lowest BCUT2D eigenvalue weighted by Gasteiger charge is -2.33. The maximum Gasteiger partial charge on any atom is 0.407 e. The van der Waals surface area contributed by atoms with Crippen molar-refractivity contribution in [2.45, 2.75) is 51.4 Å². The number of carboxylic acid groups (broad SMARTS) is 1. The van der Waals surface area contributed by atoms with E-state index >= 15 is 0 Å². The summed E-state index contributed by atoms with van der Waals surface area (Å²) in [5.41, 5.74) is -2.06. The van der Waals surface area contributed by atoms with E-state index in [4.69, 9.17) is 4.74 Å². The van der Waals surface area contributed by atoms with Crippen LogP contribution in [0.4, 0.5) is 4.79 Å². The van der Waals surface area contributed by atoms with E-state index in [-0.39, 0.29) is 12.0 Å². The van der Waals surface area contributed by atoms with Gasteiger partial charge in [-0.15, -0.1) is 11.3 Å². The van der Waals surface area contributed by atoms with Gasteiger partial charge in [0.2, 0.25) is 5.60 Å². The van der Waals surface area contributed by atoms with Gasteiger partial charge in [-0.1, -0.05) is 31.2 Å². The Balaban J connectivity index is 2.31. The van der Waals surface area contributed by atoms with Crippen molar-refractivity contribution in [3.8, 4) is 10.6 Å². The van der Waals surface area contributed by atoms with Gasteiger partial charge in [0.25, 0.3) is 0 Å². The van der Waals surface area contributed by atoms with Crippen molar-refractivity contribution in [3.63, 3.8) is 0 Å². The Hall–Kier alpha value is -2.45. The number of alkyl carbamates (subject to hydrolysis) is 1. The van der Waals surface area contributed by atoms with Gasteiger partial charge < -0.3 is 20.3 Å². The number of nitrogens with one attached hydrogen (secondary N) is 1. The molecule has 1 heterocycles. The second-order valence-corrected chi connectivity index (χ2v) is 7.99. The maximum absolute atomic E-state index is 12.1. The third-order valence-electron chi connectivity index (χ3n) is 3.93. The molecule has 2 aromatic rings. The average Bonchev–Trinajstić information content (AvgIpc) is 3.12. The summed E-state index contributed by atoms with van der Waals surface area (Å²) in [5, 5.41) is 25.9. The Morgan fingerprint density at radius 3 is 2.33 bits per heavy atom. The summed E-state index contributed by atoms with van der Waals surface area (Å²) >= 11 is 1.46. The number of aliphatic carboxylic acids is 1. The van der Waals surface area contributed by atoms with Crippen LogP contribution in [0.2, 0.25) is 0 Å². The molecule has 0 saturated carbocycles.